The lowest BCUT2D eigenvalue weighted by atomic mass is 10.0. The molecule has 0 amide bonds. The van der Waals surface area contributed by atoms with Crippen molar-refractivity contribution in [3.8, 4) is 0 Å². The maximum Gasteiger partial charge on any atom is 0.0748 e. The second kappa shape index (κ2) is 6.21. The van der Waals surface area contributed by atoms with Gasteiger partial charge in [-0.15, -0.1) is 0 Å². The number of nitrogens with zero attached hydrogens (tertiary/aromatic N) is 1. The Bertz CT molecular complexity index is 381. The molecular formula is C15H24N2O. The van der Waals surface area contributed by atoms with Gasteiger partial charge >= 0.3 is 0 Å². The molecule has 1 aliphatic rings. The molecular weight excluding hydrogens is 224 g/mol. The van der Waals surface area contributed by atoms with E-state index in [9.17, 15) is 0 Å². The van der Waals surface area contributed by atoms with Crippen molar-refractivity contribution in [2.45, 2.75) is 32.4 Å². The molecule has 1 aliphatic heterocycles. The standard InChI is InChI=1S/C15H24N2O/c1-4-13-11-17(9-10-18-13)15-8-6-5-7-14(15)12(2)16-3/h5-8,12-13,16H,4,9-11H2,1-3H3. The van der Waals surface area contributed by atoms with Gasteiger partial charge in [0.05, 0.1) is 12.7 Å². The molecule has 2 rings (SSSR count). The Kier molecular flexibility index (Phi) is 4.61. The van der Waals surface area contributed by atoms with Gasteiger partial charge in [0.1, 0.15) is 0 Å². The van der Waals surface area contributed by atoms with Crippen LogP contribution in [0.2, 0.25) is 0 Å². The summed E-state index contributed by atoms with van der Waals surface area (Å²) in [5.41, 5.74) is 2.72. The Morgan fingerprint density at radius 1 is 1.44 bits per heavy atom. The summed E-state index contributed by atoms with van der Waals surface area (Å²) in [6.07, 6.45) is 1.46. The summed E-state index contributed by atoms with van der Waals surface area (Å²) in [6.45, 7) is 7.22. The zero-order valence-corrected chi connectivity index (χ0v) is 11.6. The maximum atomic E-state index is 5.75. The van der Waals surface area contributed by atoms with E-state index in [4.69, 9.17) is 4.74 Å². The van der Waals surface area contributed by atoms with Crippen LogP contribution >= 0.6 is 0 Å². The molecule has 0 aliphatic carbocycles. The molecule has 1 heterocycles. The van der Waals surface area contributed by atoms with E-state index in [0.717, 1.165) is 26.1 Å². The third kappa shape index (κ3) is 2.85. The molecule has 3 nitrogen and oxygen atoms in total. The fraction of sp³-hybridized carbons (Fsp3) is 0.600. The Balaban J connectivity index is 2.21. The van der Waals surface area contributed by atoms with Gasteiger partial charge in [-0.1, -0.05) is 25.1 Å². The van der Waals surface area contributed by atoms with Crippen molar-refractivity contribution in [2.75, 3.05) is 31.6 Å². The fourth-order valence-electron chi connectivity index (χ4n) is 2.48. The highest BCUT2D eigenvalue weighted by molar-refractivity contribution is 5.55. The smallest absolute Gasteiger partial charge is 0.0748 e. The lowest BCUT2D eigenvalue weighted by molar-refractivity contribution is 0.0383. The van der Waals surface area contributed by atoms with Crippen molar-refractivity contribution in [1.29, 1.82) is 0 Å². The van der Waals surface area contributed by atoms with Crippen LogP contribution in [0.15, 0.2) is 24.3 Å². The van der Waals surface area contributed by atoms with Crippen LogP contribution in [0.4, 0.5) is 5.69 Å². The van der Waals surface area contributed by atoms with Crippen LogP contribution in [0, 0.1) is 0 Å². The van der Waals surface area contributed by atoms with E-state index >= 15 is 0 Å². The number of ether oxygens (including phenoxy) is 1. The number of nitrogens with one attached hydrogen (secondary N) is 1. The van der Waals surface area contributed by atoms with Gasteiger partial charge in [0, 0.05) is 24.8 Å². The number of morpholine rings is 1. The number of hydrogen-bond donors (Lipinski definition) is 1. The molecule has 1 N–H and O–H groups in total. The third-order valence-electron chi connectivity index (χ3n) is 3.77. The molecule has 1 fully saturated rings. The summed E-state index contributed by atoms with van der Waals surface area (Å²) in [5.74, 6) is 0. The maximum absolute atomic E-state index is 5.75. The molecule has 1 saturated heterocycles. The van der Waals surface area contributed by atoms with Gasteiger partial charge < -0.3 is 15.0 Å². The summed E-state index contributed by atoms with van der Waals surface area (Å²) in [5, 5.41) is 3.33. The Labute approximate surface area is 110 Å². The first-order valence-electron chi connectivity index (χ1n) is 6.89. The largest absolute Gasteiger partial charge is 0.375 e. The van der Waals surface area contributed by atoms with E-state index in [2.05, 4.69) is 48.3 Å². The van der Waals surface area contributed by atoms with Gasteiger partial charge in [0.15, 0.2) is 0 Å². The highest BCUT2D eigenvalue weighted by atomic mass is 16.5. The molecule has 2 atom stereocenters. The minimum atomic E-state index is 0.372. The average molecular weight is 248 g/mol. The first kappa shape index (κ1) is 13.4. The van der Waals surface area contributed by atoms with Crippen molar-refractivity contribution < 1.29 is 4.74 Å². The molecule has 0 spiro atoms. The molecule has 1 aromatic rings. The third-order valence-corrected chi connectivity index (χ3v) is 3.77. The number of hydrogen-bond acceptors (Lipinski definition) is 3. The Morgan fingerprint density at radius 2 is 2.22 bits per heavy atom. The van der Waals surface area contributed by atoms with Crippen molar-refractivity contribution in [3.63, 3.8) is 0 Å². The summed E-state index contributed by atoms with van der Waals surface area (Å²) in [6, 6.07) is 9.06. The monoisotopic (exact) mass is 248 g/mol. The first-order chi connectivity index (χ1) is 8.76. The Morgan fingerprint density at radius 3 is 2.94 bits per heavy atom. The van der Waals surface area contributed by atoms with E-state index in [-0.39, 0.29) is 0 Å². The summed E-state index contributed by atoms with van der Waals surface area (Å²) < 4.78 is 5.75. The van der Waals surface area contributed by atoms with Crippen molar-refractivity contribution in [2.24, 2.45) is 0 Å². The van der Waals surface area contributed by atoms with Gasteiger partial charge in [-0.25, -0.2) is 0 Å². The number of anilines is 1. The fourth-order valence-corrected chi connectivity index (χ4v) is 2.48. The van der Waals surface area contributed by atoms with Crippen LogP contribution in [0.1, 0.15) is 31.9 Å². The molecule has 2 unspecified atom stereocenters. The lowest BCUT2D eigenvalue weighted by Gasteiger charge is -2.36. The SMILES string of the molecule is CCC1CN(c2ccccc2C(C)NC)CCO1. The van der Waals surface area contributed by atoms with Crippen molar-refractivity contribution in [1.82, 2.24) is 5.32 Å². The van der Waals surface area contributed by atoms with E-state index in [1.165, 1.54) is 11.3 Å². The predicted octanol–water partition coefficient (Wildman–Crippen LogP) is 2.58. The first-order valence-corrected chi connectivity index (χ1v) is 6.89. The molecule has 100 valence electrons. The molecule has 18 heavy (non-hydrogen) atoms. The highest BCUT2D eigenvalue weighted by Crippen LogP contribution is 2.27. The van der Waals surface area contributed by atoms with Crippen LogP contribution in [-0.4, -0.2) is 32.8 Å². The van der Waals surface area contributed by atoms with Crippen molar-refractivity contribution >= 4 is 5.69 Å². The highest BCUT2D eigenvalue weighted by Gasteiger charge is 2.21. The van der Waals surface area contributed by atoms with Crippen molar-refractivity contribution in [3.05, 3.63) is 29.8 Å². The van der Waals surface area contributed by atoms with Gasteiger partial charge in [-0.2, -0.15) is 0 Å². The zero-order valence-electron chi connectivity index (χ0n) is 11.6. The predicted molar refractivity (Wildman–Crippen MR) is 76.2 cm³/mol. The normalized spacial score (nSPS) is 21.9. The van der Waals surface area contributed by atoms with Gasteiger partial charge in [-0.05, 0) is 32.0 Å². The van der Waals surface area contributed by atoms with E-state index in [0.29, 0.717) is 12.1 Å². The summed E-state index contributed by atoms with van der Waals surface area (Å²) in [7, 11) is 2.01. The second-order valence-electron chi connectivity index (χ2n) is 4.92. The minimum Gasteiger partial charge on any atom is -0.375 e. The van der Waals surface area contributed by atoms with E-state index in [1.54, 1.807) is 0 Å². The lowest BCUT2D eigenvalue weighted by Crippen LogP contribution is -2.42. The second-order valence-corrected chi connectivity index (χ2v) is 4.92. The van der Waals surface area contributed by atoms with Crippen LogP contribution in [-0.2, 0) is 4.74 Å². The topological polar surface area (TPSA) is 24.5 Å². The molecule has 0 bridgehead atoms. The zero-order chi connectivity index (χ0) is 13.0. The number of para-hydroxylation sites is 1. The van der Waals surface area contributed by atoms with Gasteiger partial charge in [-0.3, -0.25) is 0 Å². The molecule has 0 radical (unpaired) electrons. The number of rotatable bonds is 4. The van der Waals surface area contributed by atoms with Crippen LogP contribution in [0.5, 0.6) is 0 Å². The average Bonchev–Trinajstić information content (AvgIpc) is 2.46. The Hall–Kier alpha value is -1.06. The minimum absolute atomic E-state index is 0.372. The quantitative estimate of drug-likeness (QED) is 0.886. The van der Waals surface area contributed by atoms with Crippen LogP contribution in [0.3, 0.4) is 0 Å². The van der Waals surface area contributed by atoms with Gasteiger partial charge in [0.2, 0.25) is 0 Å². The molecule has 3 heteroatoms. The van der Waals surface area contributed by atoms with Crippen LogP contribution in [0.25, 0.3) is 0 Å². The van der Waals surface area contributed by atoms with Crippen LogP contribution < -0.4 is 10.2 Å². The van der Waals surface area contributed by atoms with E-state index in [1.807, 2.05) is 7.05 Å². The summed E-state index contributed by atoms with van der Waals surface area (Å²) >= 11 is 0. The summed E-state index contributed by atoms with van der Waals surface area (Å²) in [4.78, 5) is 2.46. The van der Waals surface area contributed by atoms with Gasteiger partial charge in [0.25, 0.3) is 0 Å². The number of benzene rings is 1. The van der Waals surface area contributed by atoms with E-state index < -0.39 is 0 Å². The molecule has 1 aromatic carbocycles. The molecule has 0 aromatic heterocycles. The molecule has 0 saturated carbocycles.